The van der Waals surface area contributed by atoms with Gasteiger partial charge in [0.15, 0.2) is 0 Å². The number of carbonyl (C=O) groups excluding carboxylic acids is 9. The molecule has 0 saturated carbocycles. The van der Waals surface area contributed by atoms with Crippen molar-refractivity contribution in [3.8, 4) is 34.8 Å². The number of phenolic OH excluding ortho intramolecular Hbond substituents is 5. The normalized spacial score (nSPS) is 10.3. The summed E-state index contributed by atoms with van der Waals surface area (Å²) in [5.74, 6) is -6.57. The number of ether oxygens (including phenoxy) is 3. The summed E-state index contributed by atoms with van der Waals surface area (Å²) in [6, 6.07) is 55.6. The summed E-state index contributed by atoms with van der Waals surface area (Å²) >= 11 is 42.2. The van der Waals surface area contributed by atoms with Crippen LogP contribution in [-0.2, 0) is 39.9 Å². The van der Waals surface area contributed by atoms with Crippen molar-refractivity contribution in [2.24, 2.45) is 11.8 Å². The van der Waals surface area contributed by atoms with Crippen molar-refractivity contribution in [2.45, 2.75) is 80.1 Å². The molecule has 31 nitrogen and oxygen atoms in total. The molecule has 0 aliphatic rings. The number of nitrogens with zero attached hydrogens (tertiary/aromatic N) is 2. The Labute approximate surface area is 849 Å². The molecule has 0 unspecified atom stereocenters. The van der Waals surface area contributed by atoms with Gasteiger partial charge in [-0.1, -0.05) is 148 Å². The largest absolute Gasteiger partial charge is 0.507 e. The van der Waals surface area contributed by atoms with Crippen molar-refractivity contribution in [3.05, 3.63) is 357 Å². The smallest absolute Gasteiger partial charge is 0.337 e. The van der Waals surface area contributed by atoms with Gasteiger partial charge in [-0.25, -0.2) is 24.0 Å². The van der Waals surface area contributed by atoms with Gasteiger partial charge in [0.25, 0.3) is 41.1 Å². The molecule has 0 fully saturated rings. The highest BCUT2D eigenvalue weighted by molar-refractivity contribution is 9.11. The molecule has 0 spiro atoms. The third-order valence-corrected chi connectivity index (χ3v) is 22.4. The van der Waals surface area contributed by atoms with Gasteiger partial charge < -0.3 is 81.9 Å². The minimum absolute atomic E-state index is 0.0285. The van der Waals surface area contributed by atoms with Crippen molar-refractivity contribution in [2.75, 3.05) is 53.2 Å². The highest BCUT2D eigenvalue weighted by Crippen LogP contribution is 2.36. The lowest BCUT2D eigenvalue weighted by molar-refractivity contribution is -0.385. The van der Waals surface area contributed by atoms with Crippen LogP contribution in [0.15, 0.2) is 227 Å². The average molecular weight is 2160 g/mol. The van der Waals surface area contributed by atoms with Gasteiger partial charge in [-0.2, -0.15) is 5.26 Å². The second-order valence-electron chi connectivity index (χ2n) is 30.8. The molecule has 12 aromatic rings. The molecule has 6 amide bonds. The first kappa shape index (κ1) is 112. The van der Waals surface area contributed by atoms with E-state index in [9.17, 15) is 88.4 Å². The van der Waals surface area contributed by atoms with Gasteiger partial charge >= 0.3 is 29.8 Å². The topological polar surface area (TPSA) is 496 Å². The number of methoxy groups -OCH3 is 3. The number of carbonyl (C=O) groups is 11. The summed E-state index contributed by atoms with van der Waals surface area (Å²) in [4.78, 5) is 141. The van der Waals surface area contributed by atoms with E-state index in [2.05, 4.69) is 106 Å². The Balaban J connectivity index is 0.000000229. The minimum Gasteiger partial charge on any atom is -0.507 e. The maximum absolute atomic E-state index is 12.5. The molecule has 0 saturated heterocycles. The summed E-state index contributed by atoms with van der Waals surface area (Å²) in [5.41, 5.74) is 7.48. The number of nitro groups is 1. The van der Waals surface area contributed by atoms with Gasteiger partial charge in [0.1, 0.15) is 34.3 Å². The van der Waals surface area contributed by atoms with Crippen LogP contribution in [0.4, 0.5) is 39.8 Å². The number of aromatic carboxylic acids is 2. The summed E-state index contributed by atoms with van der Waals surface area (Å²) in [7, 11) is 3.81. The van der Waals surface area contributed by atoms with Crippen molar-refractivity contribution in [1.29, 1.82) is 5.26 Å². The Kier molecular flexibility index (Phi) is 43.3. The van der Waals surface area contributed by atoms with Crippen molar-refractivity contribution in [3.63, 3.8) is 0 Å². The molecule has 13 N–H and O–H groups in total. The van der Waals surface area contributed by atoms with Gasteiger partial charge in [0.2, 0.25) is 0 Å². The second-order valence-corrected chi connectivity index (χ2v) is 35.0. The monoisotopic (exact) mass is 2150 g/mol. The molecule has 12 rings (SSSR count). The van der Waals surface area contributed by atoms with E-state index in [1.54, 1.807) is 60.7 Å². The van der Waals surface area contributed by atoms with Gasteiger partial charge in [0.05, 0.1) is 148 Å². The van der Waals surface area contributed by atoms with Crippen LogP contribution in [0.25, 0.3) is 0 Å². The molecule has 12 aromatic carbocycles. The SMILES string of the molecule is CC(C)Cc1ccc(O)c(C(=O)Nc2ccc(C(=O)O)cc2Br)c1.CCCc1ccc(O)c(C(=O)Nc2ccc(C(=O)O)cc2Cl)c1.CCCc1ccc(O)c(C(=O)Nc2ccc(C(=O)OC)cc2Cl)c1.COC(=O)c1ccc(NC(=O)c2cc(CC(C)C)ccc2O)c(Br)c1.COC(=O)c1ccc(NC(=O)c2cc(Cl)ccc2[N+](=O)[O-])c(Cl)c1.N#Cc1ccc(NC(=O)c2cc(Cl)ccc2O)c(Cl)c1. The van der Waals surface area contributed by atoms with Crippen molar-refractivity contribution < 1.29 is 108 Å². The Hall–Kier alpha value is -14.6. The first-order chi connectivity index (χ1) is 66.3. The highest BCUT2D eigenvalue weighted by Gasteiger charge is 2.26. The van der Waals surface area contributed by atoms with E-state index in [1.165, 1.54) is 167 Å². The lowest BCUT2D eigenvalue weighted by Gasteiger charge is -2.12. The number of aromatic hydroxyl groups is 5. The van der Waals surface area contributed by atoms with E-state index in [0.29, 0.717) is 59.7 Å². The van der Waals surface area contributed by atoms with Crippen LogP contribution in [0.5, 0.6) is 28.7 Å². The number of esters is 3. The summed E-state index contributed by atoms with van der Waals surface area (Å²) < 4.78 is 14.8. The van der Waals surface area contributed by atoms with Crippen molar-refractivity contribution in [1.82, 2.24) is 0 Å². The molecule has 0 aliphatic heterocycles. The van der Waals surface area contributed by atoms with Crippen LogP contribution < -0.4 is 31.9 Å². The summed E-state index contributed by atoms with van der Waals surface area (Å²) in [6.45, 7) is 12.4. The number of rotatable bonds is 26. The fraction of sp³-hybridized carbons (Fsp3) is 0.168. The number of hydrogen-bond donors (Lipinski definition) is 13. The highest BCUT2D eigenvalue weighted by atomic mass is 79.9. The third kappa shape index (κ3) is 33.4. The number of carboxylic acid groups (broad SMARTS) is 2. The van der Waals surface area contributed by atoms with E-state index in [4.69, 9.17) is 85.1 Å². The first-order valence-corrected chi connectivity index (χ1v) is 45.6. The van der Waals surface area contributed by atoms with Crippen LogP contribution >= 0.6 is 101 Å². The number of anilines is 6. The molecule has 0 bridgehead atoms. The number of phenols is 5. The van der Waals surface area contributed by atoms with Crippen LogP contribution in [0.3, 0.4) is 0 Å². The van der Waals surface area contributed by atoms with Gasteiger partial charge in [-0.05, 0) is 280 Å². The lowest BCUT2D eigenvalue weighted by Crippen LogP contribution is -2.14. The molecule has 39 heteroatoms. The molecule has 0 aliphatic carbocycles. The number of nitrogens with one attached hydrogen (secondary N) is 6. The molecular weight excluding hydrogens is 2070 g/mol. The molecular formula is C101H90Br2Cl6N8O23. The number of nitro benzene ring substituents is 1. The molecule has 140 heavy (non-hydrogen) atoms. The summed E-state index contributed by atoms with van der Waals surface area (Å²) in [6.07, 6.45) is 5.10. The van der Waals surface area contributed by atoms with Gasteiger partial charge in [-0.3, -0.25) is 38.9 Å². The Bertz CT molecular complexity index is 6740. The van der Waals surface area contributed by atoms with E-state index in [-0.39, 0.29) is 127 Å². The molecule has 0 atom stereocenters. The van der Waals surface area contributed by atoms with E-state index < -0.39 is 70.2 Å². The Morgan fingerprint density at radius 2 is 0.621 bits per heavy atom. The maximum atomic E-state index is 12.5. The number of amides is 6. The molecule has 0 heterocycles. The zero-order valence-electron chi connectivity index (χ0n) is 75.8. The fourth-order valence-electron chi connectivity index (χ4n) is 12.6. The standard InChI is InChI=1S/C19H20BrNO4.C18H18BrNO4.C18H18ClNO4.C17H16ClNO4.C15H10Cl2N2O5.C14H8Cl2N2O2/c1-11(2)8-12-4-7-17(22)14(9-12)18(23)21-16-6-5-13(10-15(16)20)19(24)25-3;1-10(2)7-11-3-6-16(21)13(8-11)17(22)20-15-5-4-12(18(23)24)9-14(15)19;1-3-4-11-5-8-16(21)13(9-11)17(22)20-15-7-6-12(10-14(15)19)18(23)24-2;1-2-3-10-4-7-15(20)12(8-10)16(21)19-14-6-5-11(17(22)23)9-13(14)18;1-24-15(21)8-2-4-12(11(17)6-8)18-14(20)10-7-9(16)3-5-13(10)19(22)23;15-9-2-4-13(19)10(6-9)14(20)18-12-3-1-8(7-17)5-11(12)16/h4-7,9-11,22H,8H2,1-3H3,(H,21,23);3-6,8-10,21H,7H2,1-2H3,(H,20,22)(H,23,24);5-10,21H,3-4H2,1-2H3,(H,20,22);4-9,20H,2-3H2,1H3,(H,19,21)(H,22,23);2-7H,1H3,(H,18,20);1-6,19H,(H,18,20). The second kappa shape index (κ2) is 53.9. The predicted octanol–water partition coefficient (Wildman–Crippen LogP) is 24.4. The van der Waals surface area contributed by atoms with Crippen LogP contribution in [0.1, 0.15) is 196 Å². The third-order valence-electron chi connectivity index (χ3n) is 19.4. The number of carboxylic acids is 2. The maximum Gasteiger partial charge on any atom is 0.337 e. The molecule has 0 aromatic heterocycles. The van der Waals surface area contributed by atoms with Crippen LogP contribution in [0, 0.1) is 33.3 Å². The molecule has 0 radical (unpaired) electrons. The van der Waals surface area contributed by atoms with Crippen molar-refractivity contribution >= 4 is 207 Å². The number of nitriles is 1. The number of halogens is 8. The van der Waals surface area contributed by atoms with E-state index >= 15 is 0 Å². The zero-order chi connectivity index (χ0) is 104. The number of benzene rings is 12. The minimum atomic E-state index is -1.10. The number of aryl methyl sites for hydroxylation is 2. The average Bonchev–Trinajstić information content (AvgIpc) is 0.848. The van der Waals surface area contributed by atoms with E-state index in [0.717, 1.165) is 66.8 Å². The first-order valence-electron chi connectivity index (χ1n) is 41.8. The lowest BCUT2D eigenvalue weighted by atomic mass is 10.00. The summed E-state index contributed by atoms with van der Waals surface area (Å²) in [5, 5.41) is 104. The Morgan fingerprint density at radius 1 is 0.357 bits per heavy atom. The molecule has 728 valence electrons. The van der Waals surface area contributed by atoms with Gasteiger partial charge in [0, 0.05) is 25.1 Å². The quantitative estimate of drug-likeness (QED) is 0.0104. The van der Waals surface area contributed by atoms with Crippen LogP contribution in [0.2, 0.25) is 30.1 Å². The van der Waals surface area contributed by atoms with E-state index in [1.807, 2.05) is 26.0 Å². The zero-order valence-corrected chi connectivity index (χ0v) is 83.5. The Morgan fingerprint density at radius 3 is 0.936 bits per heavy atom. The van der Waals surface area contributed by atoms with Gasteiger partial charge in [-0.15, -0.1) is 0 Å². The predicted molar refractivity (Wildman–Crippen MR) is 543 cm³/mol. The fourth-order valence-corrected chi connectivity index (χ4v) is 14.8. The van der Waals surface area contributed by atoms with Crippen LogP contribution in [-0.4, -0.2) is 127 Å². The number of hydrogen-bond acceptors (Lipinski definition) is 22.